The van der Waals surface area contributed by atoms with Gasteiger partial charge in [0, 0.05) is 11.9 Å². The number of unbranched alkanes of at least 4 members (excludes halogenated alkanes) is 2. The molecule has 0 aliphatic carbocycles. The first-order chi connectivity index (χ1) is 9.78. The highest BCUT2D eigenvalue weighted by atomic mass is 14.9. The number of benzene rings is 1. The van der Waals surface area contributed by atoms with E-state index in [1.165, 1.54) is 36.8 Å². The quantitative estimate of drug-likeness (QED) is 0.734. The van der Waals surface area contributed by atoms with Crippen LogP contribution in [-0.4, -0.2) is 4.98 Å². The van der Waals surface area contributed by atoms with Gasteiger partial charge in [-0.1, -0.05) is 38.0 Å². The Labute approximate surface area is 122 Å². The van der Waals surface area contributed by atoms with Crippen molar-refractivity contribution < 1.29 is 0 Å². The van der Waals surface area contributed by atoms with Crippen molar-refractivity contribution in [3.05, 3.63) is 59.4 Å². The molecule has 0 amide bonds. The molecular weight excluding hydrogens is 244 g/mol. The lowest BCUT2D eigenvalue weighted by atomic mass is 10.1. The molecule has 2 heteroatoms. The molecule has 0 fully saturated rings. The third-order valence-electron chi connectivity index (χ3n) is 3.47. The maximum atomic E-state index is 4.40. The molecule has 0 atom stereocenters. The first-order valence-electron chi connectivity index (χ1n) is 7.52. The number of nitrogens with one attached hydrogen (secondary N) is 1. The highest BCUT2D eigenvalue weighted by Crippen LogP contribution is 2.13. The van der Waals surface area contributed by atoms with Gasteiger partial charge < -0.3 is 5.32 Å². The summed E-state index contributed by atoms with van der Waals surface area (Å²) in [5.41, 5.74) is 4.86. The molecular formula is C18H24N2. The predicted octanol–water partition coefficient (Wildman–Crippen LogP) is 4.73. The Balaban J connectivity index is 1.82. The van der Waals surface area contributed by atoms with Gasteiger partial charge in [0.05, 0.1) is 12.2 Å². The molecule has 1 N–H and O–H groups in total. The number of pyridine rings is 1. The summed E-state index contributed by atoms with van der Waals surface area (Å²) in [5, 5.41) is 3.41. The molecule has 1 aromatic heterocycles. The molecule has 0 unspecified atom stereocenters. The Kier molecular flexibility index (Phi) is 5.60. The fraction of sp³-hybridized carbons (Fsp3) is 0.389. The molecule has 2 aromatic rings. The van der Waals surface area contributed by atoms with Gasteiger partial charge in [0.2, 0.25) is 0 Å². The third-order valence-corrected chi connectivity index (χ3v) is 3.47. The van der Waals surface area contributed by atoms with Crippen molar-refractivity contribution in [2.75, 3.05) is 5.32 Å². The highest BCUT2D eigenvalue weighted by molar-refractivity contribution is 5.44. The Morgan fingerprint density at radius 3 is 2.45 bits per heavy atom. The highest BCUT2D eigenvalue weighted by Gasteiger charge is 1.97. The van der Waals surface area contributed by atoms with Gasteiger partial charge in [-0.25, -0.2) is 0 Å². The van der Waals surface area contributed by atoms with Gasteiger partial charge in [0.25, 0.3) is 0 Å². The third kappa shape index (κ3) is 4.69. The summed E-state index contributed by atoms with van der Waals surface area (Å²) in [6.07, 6.45) is 6.99. The standard InChI is InChI=1S/C18H24N2/c1-3-4-5-6-16-8-11-17(12-9-16)20-14-18-10-7-15(2)13-19-18/h7-13,20H,3-6,14H2,1-2H3. The van der Waals surface area contributed by atoms with Crippen LogP contribution in [0.15, 0.2) is 42.6 Å². The van der Waals surface area contributed by atoms with Gasteiger partial charge in [-0.05, 0) is 49.1 Å². The second kappa shape index (κ2) is 7.68. The summed E-state index contributed by atoms with van der Waals surface area (Å²) in [5.74, 6) is 0. The molecule has 0 aliphatic rings. The molecule has 2 rings (SSSR count). The van der Waals surface area contributed by atoms with Crippen LogP contribution in [0.5, 0.6) is 0 Å². The van der Waals surface area contributed by atoms with E-state index in [9.17, 15) is 0 Å². The van der Waals surface area contributed by atoms with Crippen molar-refractivity contribution in [2.45, 2.75) is 46.1 Å². The maximum absolute atomic E-state index is 4.40. The van der Waals surface area contributed by atoms with Crippen molar-refractivity contribution in [2.24, 2.45) is 0 Å². The van der Waals surface area contributed by atoms with Crippen LogP contribution < -0.4 is 5.32 Å². The minimum absolute atomic E-state index is 0.773. The zero-order valence-corrected chi connectivity index (χ0v) is 12.5. The van der Waals surface area contributed by atoms with Crippen LogP contribution in [0.25, 0.3) is 0 Å². The van der Waals surface area contributed by atoms with E-state index >= 15 is 0 Å². The molecule has 0 saturated carbocycles. The van der Waals surface area contributed by atoms with E-state index < -0.39 is 0 Å². The van der Waals surface area contributed by atoms with Crippen molar-refractivity contribution >= 4 is 5.69 Å². The van der Waals surface area contributed by atoms with Crippen LogP contribution in [0.4, 0.5) is 5.69 Å². The summed E-state index contributed by atoms with van der Waals surface area (Å²) < 4.78 is 0. The van der Waals surface area contributed by atoms with Gasteiger partial charge in [-0.2, -0.15) is 0 Å². The predicted molar refractivity (Wildman–Crippen MR) is 86.0 cm³/mol. The molecule has 0 saturated heterocycles. The van der Waals surface area contributed by atoms with Crippen molar-refractivity contribution in [3.63, 3.8) is 0 Å². The average molecular weight is 268 g/mol. The topological polar surface area (TPSA) is 24.9 Å². The smallest absolute Gasteiger partial charge is 0.0594 e. The van der Waals surface area contributed by atoms with E-state index in [1.54, 1.807) is 0 Å². The van der Waals surface area contributed by atoms with E-state index in [0.29, 0.717) is 0 Å². The minimum atomic E-state index is 0.773. The molecule has 0 aliphatic heterocycles. The van der Waals surface area contributed by atoms with Crippen LogP contribution in [0.1, 0.15) is 43.0 Å². The molecule has 1 aromatic carbocycles. The number of hydrogen-bond acceptors (Lipinski definition) is 2. The number of rotatable bonds is 7. The van der Waals surface area contributed by atoms with Gasteiger partial charge in [-0.3, -0.25) is 4.98 Å². The van der Waals surface area contributed by atoms with Gasteiger partial charge in [0.15, 0.2) is 0 Å². The lowest BCUT2D eigenvalue weighted by Gasteiger charge is -2.07. The van der Waals surface area contributed by atoms with Crippen LogP contribution in [0.3, 0.4) is 0 Å². The summed E-state index contributed by atoms with van der Waals surface area (Å²) >= 11 is 0. The Morgan fingerprint density at radius 1 is 1.00 bits per heavy atom. The number of aromatic nitrogens is 1. The van der Waals surface area contributed by atoms with Crippen molar-refractivity contribution in [3.8, 4) is 0 Å². The monoisotopic (exact) mass is 268 g/mol. The largest absolute Gasteiger partial charge is 0.379 e. The summed E-state index contributed by atoms with van der Waals surface area (Å²) in [6, 6.07) is 12.9. The lowest BCUT2D eigenvalue weighted by Crippen LogP contribution is -2.01. The Bertz CT molecular complexity index is 500. The van der Waals surface area contributed by atoms with Crippen molar-refractivity contribution in [1.82, 2.24) is 4.98 Å². The zero-order valence-electron chi connectivity index (χ0n) is 12.5. The number of hydrogen-bond donors (Lipinski definition) is 1. The van der Waals surface area contributed by atoms with Crippen LogP contribution in [-0.2, 0) is 13.0 Å². The summed E-state index contributed by atoms with van der Waals surface area (Å²) in [6.45, 7) is 5.07. The molecule has 106 valence electrons. The van der Waals surface area contributed by atoms with Crippen molar-refractivity contribution in [1.29, 1.82) is 0 Å². The van der Waals surface area contributed by atoms with Crippen LogP contribution in [0, 0.1) is 6.92 Å². The number of anilines is 1. The minimum Gasteiger partial charge on any atom is -0.379 e. The van der Waals surface area contributed by atoms with E-state index in [-0.39, 0.29) is 0 Å². The van der Waals surface area contributed by atoms with Crippen LogP contribution >= 0.6 is 0 Å². The fourth-order valence-corrected chi connectivity index (χ4v) is 2.16. The molecule has 0 spiro atoms. The molecule has 0 bridgehead atoms. The Hall–Kier alpha value is -1.83. The molecule has 1 heterocycles. The summed E-state index contributed by atoms with van der Waals surface area (Å²) in [4.78, 5) is 4.40. The van der Waals surface area contributed by atoms with Crippen LogP contribution in [0.2, 0.25) is 0 Å². The second-order valence-corrected chi connectivity index (χ2v) is 5.33. The average Bonchev–Trinajstić information content (AvgIpc) is 2.48. The normalized spacial score (nSPS) is 10.5. The van der Waals surface area contributed by atoms with Gasteiger partial charge in [0.1, 0.15) is 0 Å². The SMILES string of the molecule is CCCCCc1ccc(NCc2ccc(C)cn2)cc1. The molecule has 2 nitrogen and oxygen atoms in total. The Morgan fingerprint density at radius 2 is 1.80 bits per heavy atom. The second-order valence-electron chi connectivity index (χ2n) is 5.33. The zero-order chi connectivity index (χ0) is 14.2. The van der Waals surface area contributed by atoms with E-state index in [0.717, 1.165) is 17.9 Å². The van der Waals surface area contributed by atoms with Gasteiger partial charge in [-0.15, -0.1) is 0 Å². The lowest BCUT2D eigenvalue weighted by molar-refractivity contribution is 0.717. The summed E-state index contributed by atoms with van der Waals surface area (Å²) in [7, 11) is 0. The number of nitrogens with zero attached hydrogens (tertiary/aromatic N) is 1. The fourth-order valence-electron chi connectivity index (χ4n) is 2.16. The van der Waals surface area contributed by atoms with E-state index in [2.05, 4.69) is 60.5 Å². The maximum Gasteiger partial charge on any atom is 0.0594 e. The van der Waals surface area contributed by atoms with E-state index in [4.69, 9.17) is 0 Å². The molecule has 20 heavy (non-hydrogen) atoms. The number of aryl methyl sites for hydroxylation is 2. The van der Waals surface area contributed by atoms with Gasteiger partial charge >= 0.3 is 0 Å². The first kappa shape index (κ1) is 14.6. The first-order valence-corrected chi connectivity index (χ1v) is 7.52. The van der Waals surface area contributed by atoms with E-state index in [1.807, 2.05) is 6.20 Å². The molecule has 0 radical (unpaired) electrons.